The maximum atomic E-state index is 13.0. The van der Waals surface area contributed by atoms with E-state index in [2.05, 4.69) is 61.3 Å². The van der Waals surface area contributed by atoms with Crippen molar-refractivity contribution >= 4 is 5.91 Å². The fourth-order valence-corrected chi connectivity index (χ4v) is 11.1. The maximum absolute atomic E-state index is 13.0. The van der Waals surface area contributed by atoms with Gasteiger partial charge in [-0.05, 0) is 123 Å². The van der Waals surface area contributed by atoms with Crippen molar-refractivity contribution in [2.75, 3.05) is 13.1 Å². The lowest BCUT2D eigenvalue weighted by Gasteiger charge is -2.62. The number of piperidine rings is 1. The van der Waals surface area contributed by atoms with E-state index in [1.807, 2.05) is 0 Å². The van der Waals surface area contributed by atoms with E-state index in [0.29, 0.717) is 48.0 Å². The molecule has 5 fully saturated rings. The summed E-state index contributed by atoms with van der Waals surface area (Å²) in [4.78, 5) is 15.5. The SMILES string of the molecule is C[C@H](CCC(=O)NC1CCN(Cc2ccccc2)CC1)[C@@H]1CC[C@@H]2[C@@H]3CC[C@H]4C[C@H](O)CC[C@]4(C)[C@@H]3C[C@H](O)[C@@]21C. The molecule has 1 amide bonds. The van der Waals surface area contributed by atoms with E-state index in [4.69, 9.17) is 0 Å². The van der Waals surface area contributed by atoms with E-state index < -0.39 is 0 Å². The Morgan fingerprint density at radius 2 is 1.73 bits per heavy atom. The smallest absolute Gasteiger partial charge is 0.220 e. The van der Waals surface area contributed by atoms with Crippen LogP contribution >= 0.6 is 0 Å². The number of hydrogen-bond donors (Lipinski definition) is 3. The third-order valence-corrected chi connectivity index (χ3v) is 13.5. The number of carbonyl (C=O) groups is 1. The van der Waals surface area contributed by atoms with Crippen molar-refractivity contribution in [2.24, 2.45) is 46.3 Å². The Balaban J connectivity index is 1.00. The third kappa shape index (κ3) is 5.65. The summed E-state index contributed by atoms with van der Waals surface area (Å²) in [5, 5.41) is 25.6. The van der Waals surface area contributed by atoms with Crippen LogP contribution in [0.15, 0.2) is 30.3 Å². The van der Waals surface area contributed by atoms with Gasteiger partial charge in [0.15, 0.2) is 0 Å². The normalized spacial score (nSPS) is 42.1. The van der Waals surface area contributed by atoms with Crippen molar-refractivity contribution in [3.8, 4) is 0 Å². The lowest BCUT2D eigenvalue weighted by Crippen LogP contribution is -2.58. The molecule has 0 aromatic heterocycles. The van der Waals surface area contributed by atoms with E-state index in [-0.39, 0.29) is 28.9 Å². The second-order valence-electron chi connectivity index (χ2n) is 15.5. The van der Waals surface area contributed by atoms with Gasteiger partial charge in [0.1, 0.15) is 0 Å². The standard InChI is InChI=1S/C36H56N2O3/c1-24(9-14-34(41)37-27-16-19-38(20-17-27)23-25-7-5-4-6-8-25)30-12-13-31-29-11-10-26-21-28(39)15-18-35(26,2)32(29)22-33(40)36(30,31)3/h4-8,24,26-33,39-40H,9-23H2,1-3H3,(H,37,41)/t24-,26+,28-,29+,30+,31-,32-,33+,35+,36-/m1/s1. The molecule has 41 heavy (non-hydrogen) atoms. The van der Waals surface area contributed by atoms with Gasteiger partial charge in [0, 0.05) is 32.1 Å². The molecule has 10 atom stereocenters. The Hall–Kier alpha value is -1.43. The summed E-state index contributed by atoms with van der Waals surface area (Å²) in [7, 11) is 0. The van der Waals surface area contributed by atoms with E-state index in [0.717, 1.165) is 64.6 Å². The molecule has 0 unspecified atom stereocenters. The molecule has 0 bridgehead atoms. The van der Waals surface area contributed by atoms with Crippen LogP contribution in [0.1, 0.15) is 103 Å². The molecule has 4 saturated carbocycles. The van der Waals surface area contributed by atoms with Crippen molar-refractivity contribution < 1.29 is 15.0 Å². The lowest BCUT2D eigenvalue weighted by molar-refractivity contribution is -0.175. The summed E-state index contributed by atoms with van der Waals surface area (Å²) in [5.74, 6) is 3.70. The van der Waals surface area contributed by atoms with Gasteiger partial charge in [-0.3, -0.25) is 9.69 Å². The highest BCUT2D eigenvalue weighted by Gasteiger charge is 2.63. The van der Waals surface area contributed by atoms with E-state index in [1.165, 1.54) is 31.2 Å². The predicted octanol–water partition coefficient (Wildman–Crippen LogP) is 6.17. The topological polar surface area (TPSA) is 72.8 Å². The zero-order valence-corrected chi connectivity index (χ0v) is 25.9. The number of nitrogens with zero attached hydrogens (tertiary/aromatic N) is 1. The number of rotatable bonds is 7. The number of fused-ring (bicyclic) bond motifs is 5. The highest BCUT2D eigenvalue weighted by atomic mass is 16.3. The molecule has 4 aliphatic carbocycles. The first-order valence-electron chi connectivity index (χ1n) is 17.1. The van der Waals surface area contributed by atoms with Crippen LogP contribution in [-0.4, -0.2) is 52.4 Å². The average Bonchev–Trinajstić information content (AvgIpc) is 3.33. The Bertz CT molecular complexity index is 1040. The number of likely N-dealkylation sites (tertiary alicyclic amines) is 1. The lowest BCUT2D eigenvalue weighted by atomic mass is 9.43. The predicted molar refractivity (Wildman–Crippen MR) is 164 cm³/mol. The quantitative estimate of drug-likeness (QED) is 0.370. The van der Waals surface area contributed by atoms with Crippen LogP contribution in [0, 0.1) is 46.3 Å². The number of hydrogen-bond acceptors (Lipinski definition) is 4. The average molecular weight is 565 g/mol. The fraction of sp³-hybridized carbons (Fsp3) is 0.806. The third-order valence-electron chi connectivity index (χ3n) is 13.5. The van der Waals surface area contributed by atoms with Crippen molar-refractivity contribution in [1.82, 2.24) is 10.2 Å². The molecule has 3 N–H and O–H groups in total. The van der Waals surface area contributed by atoms with Gasteiger partial charge in [-0.2, -0.15) is 0 Å². The summed E-state index contributed by atoms with van der Waals surface area (Å²) in [6, 6.07) is 11.0. The summed E-state index contributed by atoms with van der Waals surface area (Å²) in [5.41, 5.74) is 1.62. The second-order valence-corrected chi connectivity index (χ2v) is 15.5. The monoisotopic (exact) mass is 564 g/mol. The van der Waals surface area contributed by atoms with Crippen LogP contribution in [0.25, 0.3) is 0 Å². The zero-order valence-electron chi connectivity index (χ0n) is 25.9. The summed E-state index contributed by atoms with van der Waals surface area (Å²) >= 11 is 0. The minimum atomic E-state index is -0.249. The van der Waals surface area contributed by atoms with E-state index in [9.17, 15) is 15.0 Å². The Labute approximate surface area is 248 Å². The summed E-state index contributed by atoms with van der Waals surface area (Å²) < 4.78 is 0. The molecular formula is C36H56N2O3. The minimum Gasteiger partial charge on any atom is -0.393 e. The van der Waals surface area contributed by atoms with Gasteiger partial charge >= 0.3 is 0 Å². The molecule has 1 saturated heterocycles. The first-order valence-corrected chi connectivity index (χ1v) is 17.1. The van der Waals surface area contributed by atoms with Crippen LogP contribution in [0.4, 0.5) is 0 Å². The second kappa shape index (κ2) is 11.9. The Morgan fingerprint density at radius 1 is 0.976 bits per heavy atom. The maximum Gasteiger partial charge on any atom is 0.220 e. The molecule has 0 spiro atoms. The molecular weight excluding hydrogens is 508 g/mol. The molecule has 1 aromatic carbocycles. The van der Waals surface area contributed by atoms with Gasteiger partial charge < -0.3 is 15.5 Å². The largest absolute Gasteiger partial charge is 0.393 e. The van der Waals surface area contributed by atoms with Crippen LogP contribution in [0.2, 0.25) is 0 Å². The van der Waals surface area contributed by atoms with Crippen molar-refractivity contribution in [3.05, 3.63) is 35.9 Å². The number of amides is 1. The van der Waals surface area contributed by atoms with Crippen molar-refractivity contribution in [3.63, 3.8) is 0 Å². The van der Waals surface area contributed by atoms with E-state index in [1.54, 1.807) is 0 Å². The molecule has 5 nitrogen and oxygen atoms in total. The van der Waals surface area contributed by atoms with Crippen LogP contribution in [0.3, 0.4) is 0 Å². The molecule has 0 radical (unpaired) electrons. The molecule has 1 heterocycles. The first-order chi connectivity index (χ1) is 19.7. The van der Waals surface area contributed by atoms with Crippen molar-refractivity contribution in [1.29, 1.82) is 0 Å². The number of benzene rings is 1. The molecule has 5 aliphatic rings. The Kier molecular flexibility index (Phi) is 8.62. The van der Waals surface area contributed by atoms with Gasteiger partial charge in [0.25, 0.3) is 0 Å². The zero-order chi connectivity index (χ0) is 28.8. The molecule has 1 aliphatic heterocycles. The Morgan fingerprint density at radius 3 is 2.49 bits per heavy atom. The first kappa shape index (κ1) is 29.6. The molecule has 6 rings (SSSR count). The van der Waals surface area contributed by atoms with E-state index >= 15 is 0 Å². The van der Waals surface area contributed by atoms with Crippen LogP contribution in [0.5, 0.6) is 0 Å². The van der Waals surface area contributed by atoms with Crippen LogP contribution in [-0.2, 0) is 11.3 Å². The molecule has 1 aromatic rings. The number of aliphatic hydroxyl groups is 2. The minimum absolute atomic E-state index is 0.0278. The number of aliphatic hydroxyl groups excluding tert-OH is 2. The van der Waals surface area contributed by atoms with Crippen LogP contribution < -0.4 is 5.32 Å². The summed E-state index contributed by atoms with van der Waals surface area (Å²) in [6.45, 7) is 10.3. The fourth-order valence-electron chi connectivity index (χ4n) is 11.1. The van der Waals surface area contributed by atoms with Gasteiger partial charge in [0.05, 0.1) is 12.2 Å². The van der Waals surface area contributed by atoms with Crippen molar-refractivity contribution in [2.45, 2.75) is 123 Å². The van der Waals surface area contributed by atoms with Gasteiger partial charge in [-0.25, -0.2) is 0 Å². The highest BCUT2D eigenvalue weighted by Crippen LogP contribution is 2.68. The summed E-state index contributed by atoms with van der Waals surface area (Å²) in [6.07, 6.45) is 12.1. The number of carbonyl (C=O) groups excluding carboxylic acids is 1. The molecule has 228 valence electrons. The number of nitrogens with one attached hydrogen (secondary N) is 1. The van der Waals surface area contributed by atoms with Gasteiger partial charge in [-0.15, -0.1) is 0 Å². The molecule has 5 heteroatoms. The van der Waals surface area contributed by atoms with Gasteiger partial charge in [-0.1, -0.05) is 51.1 Å². The highest BCUT2D eigenvalue weighted by molar-refractivity contribution is 5.76. The van der Waals surface area contributed by atoms with Gasteiger partial charge in [0.2, 0.25) is 5.91 Å².